The standard InChI is InChI=1S/C13H13BrN4O/c14-11-12(16-7-17-13(11)19)18-10-3-1-2-8-6-15-5-4-9(8)10/h1-3,7,15H,4-6H2,(H2,16,17,18,19). The number of rotatable bonds is 2. The van der Waals surface area contributed by atoms with E-state index in [0.717, 1.165) is 25.2 Å². The Morgan fingerprint density at radius 1 is 1.37 bits per heavy atom. The Hall–Kier alpha value is -1.66. The van der Waals surface area contributed by atoms with Crippen LogP contribution in [0, 0.1) is 0 Å². The van der Waals surface area contributed by atoms with Crippen LogP contribution in [0.3, 0.4) is 0 Å². The van der Waals surface area contributed by atoms with E-state index in [0.29, 0.717) is 10.3 Å². The summed E-state index contributed by atoms with van der Waals surface area (Å²) < 4.78 is 0.418. The van der Waals surface area contributed by atoms with Gasteiger partial charge in [-0.3, -0.25) is 4.79 Å². The van der Waals surface area contributed by atoms with Gasteiger partial charge in [0.25, 0.3) is 5.56 Å². The zero-order valence-corrected chi connectivity index (χ0v) is 11.8. The van der Waals surface area contributed by atoms with Gasteiger partial charge < -0.3 is 15.6 Å². The summed E-state index contributed by atoms with van der Waals surface area (Å²) in [5.74, 6) is 0.538. The number of anilines is 2. The van der Waals surface area contributed by atoms with Crippen LogP contribution in [0.15, 0.2) is 33.8 Å². The van der Waals surface area contributed by atoms with Crippen LogP contribution in [0.25, 0.3) is 0 Å². The first-order valence-electron chi connectivity index (χ1n) is 6.07. The first-order valence-corrected chi connectivity index (χ1v) is 6.86. The normalized spacial score (nSPS) is 13.9. The highest BCUT2D eigenvalue weighted by Gasteiger charge is 2.14. The Labute approximate surface area is 118 Å². The van der Waals surface area contributed by atoms with Gasteiger partial charge in [-0.2, -0.15) is 0 Å². The quantitative estimate of drug-likeness (QED) is 0.790. The van der Waals surface area contributed by atoms with Crippen LogP contribution in [-0.2, 0) is 13.0 Å². The first kappa shape index (κ1) is 12.4. The summed E-state index contributed by atoms with van der Waals surface area (Å²) in [7, 11) is 0. The molecule has 3 N–H and O–H groups in total. The topological polar surface area (TPSA) is 69.8 Å². The van der Waals surface area contributed by atoms with E-state index in [9.17, 15) is 4.79 Å². The van der Waals surface area contributed by atoms with Gasteiger partial charge in [0.15, 0.2) is 5.82 Å². The number of hydrogen-bond acceptors (Lipinski definition) is 4. The molecule has 0 aliphatic carbocycles. The van der Waals surface area contributed by atoms with Gasteiger partial charge in [-0.05, 0) is 46.1 Å². The monoisotopic (exact) mass is 320 g/mol. The van der Waals surface area contributed by atoms with Crippen molar-refractivity contribution in [2.45, 2.75) is 13.0 Å². The van der Waals surface area contributed by atoms with Crippen LogP contribution in [0.4, 0.5) is 11.5 Å². The van der Waals surface area contributed by atoms with Gasteiger partial charge in [0, 0.05) is 12.2 Å². The molecule has 6 heteroatoms. The largest absolute Gasteiger partial charge is 0.339 e. The highest BCUT2D eigenvalue weighted by molar-refractivity contribution is 9.10. The maximum absolute atomic E-state index is 11.5. The molecule has 0 amide bonds. The molecule has 2 heterocycles. The van der Waals surface area contributed by atoms with Crippen molar-refractivity contribution in [1.82, 2.24) is 15.3 Å². The third-order valence-electron chi connectivity index (χ3n) is 3.19. The molecule has 0 atom stereocenters. The molecule has 1 aliphatic heterocycles. The minimum atomic E-state index is -0.191. The summed E-state index contributed by atoms with van der Waals surface area (Å²) in [5, 5.41) is 6.58. The SMILES string of the molecule is O=c1[nH]cnc(Nc2cccc3c2CCNC3)c1Br. The molecule has 0 unspecified atom stereocenters. The molecular formula is C13H13BrN4O. The van der Waals surface area contributed by atoms with E-state index < -0.39 is 0 Å². The molecule has 1 aliphatic rings. The average molecular weight is 321 g/mol. The lowest BCUT2D eigenvalue weighted by molar-refractivity contribution is 0.645. The summed E-state index contributed by atoms with van der Waals surface area (Å²) in [5.41, 5.74) is 3.40. The number of hydrogen-bond donors (Lipinski definition) is 3. The van der Waals surface area contributed by atoms with Crippen LogP contribution < -0.4 is 16.2 Å². The van der Waals surface area contributed by atoms with Gasteiger partial charge in [-0.15, -0.1) is 0 Å². The van der Waals surface area contributed by atoms with Crippen molar-refractivity contribution in [2.75, 3.05) is 11.9 Å². The van der Waals surface area contributed by atoms with E-state index in [1.54, 1.807) is 0 Å². The summed E-state index contributed by atoms with van der Waals surface area (Å²) in [6, 6.07) is 6.14. The van der Waals surface area contributed by atoms with E-state index in [1.165, 1.54) is 17.5 Å². The van der Waals surface area contributed by atoms with Gasteiger partial charge in [0.2, 0.25) is 0 Å². The van der Waals surface area contributed by atoms with E-state index in [2.05, 4.69) is 42.6 Å². The maximum atomic E-state index is 11.5. The van der Waals surface area contributed by atoms with E-state index in [1.807, 2.05) is 12.1 Å². The van der Waals surface area contributed by atoms with Crippen LogP contribution in [0.5, 0.6) is 0 Å². The van der Waals surface area contributed by atoms with Crippen molar-refractivity contribution >= 4 is 27.4 Å². The smallest absolute Gasteiger partial charge is 0.267 e. The van der Waals surface area contributed by atoms with Gasteiger partial charge in [-0.25, -0.2) is 4.98 Å². The highest BCUT2D eigenvalue weighted by Crippen LogP contribution is 2.27. The van der Waals surface area contributed by atoms with E-state index >= 15 is 0 Å². The molecule has 0 saturated heterocycles. The van der Waals surface area contributed by atoms with Crippen LogP contribution in [0.2, 0.25) is 0 Å². The Balaban J connectivity index is 2.00. The Morgan fingerprint density at radius 3 is 3.16 bits per heavy atom. The zero-order chi connectivity index (χ0) is 13.2. The van der Waals surface area contributed by atoms with Crippen molar-refractivity contribution in [3.63, 3.8) is 0 Å². The molecule has 19 heavy (non-hydrogen) atoms. The van der Waals surface area contributed by atoms with Crippen LogP contribution in [-0.4, -0.2) is 16.5 Å². The fraction of sp³-hybridized carbons (Fsp3) is 0.231. The number of aromatic nitrogens is 2. The molecule has 5 nitrogen and oxygen atoms in total. The second-order valence-electron chi connectivity index (χ2n) is 4.39. The molecule has 0 saturated carbocycles. The maximum Gasteiger partial charge on any atom is 0.267 e. The van der Waals surface area contributed by atoms with Crippen molar-refractivity contribution in [3.8, 4) is 0 Å². The number of benzene rings is 1. The first-order chi connectivity index (χ1) is 9.25. The molecule has 0 bridgehead atoms. The zero-order valence-electron chi connectivity index (χ0n) is 10.2. The Bertz CT molecular complexity index is 668. The van der Waals surface area contributed by atoms with Crippen molar-refractivity contribution in [1.29, 1.82) is 0 Å². The second kappa shape index (κ2) is 5.14. The molecule has 98 valence electrons. The number of nitrogens with zero attached hydrogens (tertiary/aromatic N) is 1. The molecule has 0 radical (unpaired) electrons. The second-order valence-corrected chi connectivity index (χ2v) is 5.18. The molecule has 0 fully saturated rings. The third-order valence-corrected chi connectivity index (χ3v) is 3.93. The van der Waals surface area contributed by atoms with Gasteiger partial charge in [0.05, 0.1) is 6.33 Å². The number of halogens is 1. The number of fused-ring (bicyclic) bond motifs is 1. The van der Waals surface area contributed by atoms with E-state index in [-0.39, 0.29) is 5.56 Å². The van der Waals surface area contributed by atoms with Crippen LogP contribution >= 0.6 is 15.9 Å². The lowest BCUT2D eigenvalue weighted by atomic mass is 9.99. The highest BCUT2D eigenvalue weighted by atomic mass is 79.9. The predicted molar refractivity (Wildman–Crippen MR) is 77.7 cm³/mol. The van der Waals surface area contributed by atoms with E-state index in [4.69, 9.17) is 0 Å². The molecule has 1 aromatic carbocycles. The van der Waals surface area contributed by atoms with Gasteiger partial charge in [0.1, 0.15) is 4.47 Å². The molecule has 0 spiro atoms. The van der Waals surface area contributed by atoms with Gasteiger partial charge >= 0.3 is 0 Å². The van der Waals surface area contributed by atoms with Crippen molar-refractivity contribution < 1.29 is 0 Å². The Morgan fingerprint density at radius 2 is 2.26 bits per heavy atom. The number of aromatic amines is 1. The fourth-order valence-electron chi connectivity index (χ4n) is 2.25. The predicted octanol–water partition coefficient (Wildman–Crippen LogP) is 1.92. The summed E-state index contributed by atoms with van der Waals surface area (Å²) >= 11 is 3.25. The molecule has 2 aromatic rings. The summed E-state index contributed by atoms with van der Waals surface area (Å²) in [6.07, 6.45) is 2.37. The molecule has 1 aromatic heterocycles. The third kappa shape index (κ3) is 2.41. The summed E-state index contributed by atoms with van der Waals surface area (Å²) in [4.78, 5) is 18.2. The summed E-state index contributed by atoms with van der Waals surface area (Å²) in [6.45, 7) is 1.85. The van der Waals surface area contributed by atoms with Gasteiger partial charge in [-0.1, -0.05) is 12.1 Å². The fourth-order valence-corrected chi connectivity index (χ4v) is 2.56. The number of nitrogens with one attached hydrogen (secondary N) is 3. The Kier molecular flexibility index (Phi) is 3.35. The molecule has 3 rings (SSSR count). The minimum absolute atomic E-state index is 0.191. The average Bonchev–Trinajstić information content (AvgIpc) is 2.44. The number of H-pyrrole nitrogens is 1. The van der Waals surface area contributed by atoms with Crippen LogP contribution in [0.1, 0.15) is 11.1 Å². The lowest BCUT2D eigenvalue weighted by Gasteiger charge is -2.20. The molecular weight excluding hydrogens is 308 g/mol. The minimum Gasteiger partial charge on any atom is -0.339 e. The van der Waals surface area contributed by atoms with Crippen molar-refractivity contribution in [2.24, 2.45) is 0 Å². The lowest BCUT2D eigenvalue weighted by Crippen LogP contribution is -2.24. The van der Waals surface area contributed by atoms with Crippen molar-refractivity contribution in [3.05, 3.63) is 50.5 Å².